The van der Waals surface area contributed by atoms with E-state index in [9.17, 15) is 14.4 Å². The molecule has 0 saturated carbocycles. The number of hydrogen-bond acceptors (Lipinski definition) is 6. The van der Waals surface area contributed by atoms with Gasteiger partial charge in [-0.2, -0.15) is 0 Å². The van der Waals surface area contributed by atoms with E-state index in [1.165, 1.54) is 35.6 Å². The molecular formula is C31H42N4O4. The summed E-state index contributed by atoms with van der Waals surface area (Å²) in [6.07, 6.45) is 7.68. The van der Waals surface area contributed by atoms with Gasteiger partial charge < -0.3 is 9.80 Å². The van der Waals surface area contributed by atoms with E-state index in [1.54, 1.807) is 24.3 Å². The molecule has 4 rings (SSSR count). The molecule has 210 valence electrons. The van der Waals surface area contributed by atoms with Crippen molar-refractivity contribution >= 4 is 17.7 Å². The second-order valence-electron chi connectivity index (χ2n) is 10.7. The van der Waals surface area contributed by atoms with Gasteiger partial charge in [-0.1, -0.05) is 49.6 Å². The molecule has 3 amide bonds. The maximum atomic E-state index is 12.6. The minimum atomic E-state index is -0.166. The first-order chi connectivity index (χ1) is 19.0. The van der Waals surface area contributed by atoms with Crippen LogP contribution in [-0.2, 0) is 11.4 Å². The summed E-state index contributed by atoms with van der Waals surface area (Å²) in [6.45, 7) is 5.46. The number of carbonyl (C=O) groups is 3. The quantitative estimate of drug-likeness (QED) is 0.234. The first-order valence-electron chi connectivity index (χ1n) is 14.3. The molecule has 8 heteroatoms. The van der Waals surface area contributed by atoms with E-state index in [0.29, 0.717) is 30.8 Å². The van der Waals surface area contributed by atoms with Crippen LogP contribution in [0, 0.1) is 0 Å². The van der Waals surface area contributed by atoms with Gasteiger partial charge in [-0.05, 0) is 89.7 Å². The number of hydroxylamine groups is 2. The highest BCUT2D eigenvalue weighted by Crippen LogP contribution is 2.22. The molecule has 2 heterocycles. The second-order valence-corrected chi connectivity index (χ2v) is 10.7. The number of unbranched alkanes of at least 4 members (excludes halogenated alkanes) is 4. The van der Waals surface area contributed by atoms with E-state index < -0.39 is 0 Å². The summed E-state index contributed by atoms with van der Waals surface area (Å²) in [6, 6.07) is 14.7. The Balaban J connectivity index is 0.981. The Morgan fingerprint density at radius 3 is 1.72 bits per heavy atom. The highest BCUT2D eigenvalue weighted by Gasteiger charge is 2.34. The summed E-state index contributed by atoms with van der Waals surface area (Å²) in [7, 11) is 4.25. The van der Waals surface area contributed by atoms with E-state index in [1.807, 2.05) is 24.3 Å². The highest BCUT2D eigenvalue weighted by atomic mass is 16.7. The zero-order valence-electron chi connectivity index (χ0n) is 23.4. The number of hydrogen-bond donors (Lipinski definition) is 0. The summed E-state index contributed by atoms with van der Waals surface area (Å²) in [5.41, 5.74) is 2.76. The van der Waals surface area contributed by atoms with E-state index >= 15 is 0 Å². The minimum absolute atomic E-state index is 0.0343. The van der Waals surface area contributed by atoms with E-state index in [4.69, 9.17) is 4.84 Å². The molecule has 2 aromatic rings. The predicted molar refractivity (Wildman–Crippen MR) is 151 cm³/mol. The number of carbonyl (C=O) groups excluding carboxylic acids is 3. The molecule has 0 fully saturated rings. The van der Waals surface area contributed by atoms with E-state index in [0.717, 1.165) is 56.6 Å². The van der Waals surface area contributed by atoms with Gasteiger partial charge in [-0.15, -0.1) is 0 Å². The zero-order valence-corrected chi connectivity index (χ0v) is 23.4. The Kier molecular flexibility index (Phi) is 10.6. The van der Waals surface area contributed by atoms with Crippen LogP contribution in [0.2, 0.25) is 0 Å². The van der Waals surface area contributed by atoms with Gasteiger partial charge in [0.05, 0.1) is 17.7 Å². The van der Waals surface area contributed by atoms with Crippen LogP contribution >= 0.6 is 0 Å². The molecular weight excluding hydrogens is 492 g/mol. The largest absolute Gasteiger partial charge is 0.306 e. The average Bonchev–Trinajstić information content (AvgIpc) is 3.19. The Hall–Kier alpha value is -3.07. The lowest BCUT2D eigenvalue weighted by molar-refractivity contribution is -0.141. The Morgan fingerprint density at radius 1 is 0.615 bits per heavy atom. The first kappa shape index (κ1) is 28.9. The van der Waals surface area contributed by atoms with Gasteiger partial charge >= 0.3 is 0 Å². The van der Waals surface area contributed by atoms with Crippen molar-refractivity contribution in [2.75, 3.05) is 53.4 Å². The lowest BCUT2D eigenvalue weighted by atomic mass is 10.1. The van der Waals surface area contributed by atoms with E-state index in [-0.39, 0.29) is 17.7 Å². The summed E-state index contributed by atoms with van der Waals surface area (Å²) < 4.78 is 0. The molecule has 0 radical (unpaired) electrons. The third-order valence-corrected chi connectivity index (χ3v) is 7.63. The van der Waals surface area contributed by atoms with E-state index in [2.05, 4.69) is 23.9 Å². The molecule has 0 spiro atoms. The molecule has 39 heavy (non-hydrogen) atoms. The molecule has 0 saturated heterocycles. The van der Waals surface area contributed by atoms with Crippen molar-refractivity contribution in [2.45, 2.75) is 51.6 Å². The van der Waals surface area contributed by atoms with Crippen LogP contribution in [0.4, 0.5) is 0 Å². The fraction of sp³-hybridized carbons (Fsp3) is 0.516. The van der Waals surface area contributed by atoms with Crippen molar-refractivity contribution in [1.82, 2.24) is 19.8 Å². The summed E-state index contributed by atoms with van der Waals surface area (Å²) in [5, 5.41) is 1.51. The molecule has 0 atom stereocenters. The van der Waals surface area contributed by atoms with Crippen LogP contribution in [-0.4, -0.2) is 90.8 Å². The molecule has 8 nitrogen and oxygen atoms in total. The Bertz CT molecular complexity index is 1100. The SMILES string of the molecule is CN(CCCCCCCN(C)CCCN1C(=O)c2ccccc2C1=O)CCCN1OCc2ccccc2C1=O. The summed E-state index contributed by atoms with van der Waals surface area (Å²) in [5.74, 6) is -0.365. The molecule has 0 unspecified atom stereocenters. The maximum Gasteiger partial charge on any atom is 0.277 e. The van der Waals surface area contributed by atoms with Gasteiger partial charge in [-0.25, -0.2) is 5.06 Å². The lowest BCUT2D eigenvalue weighted by Gasteiger charge is -2.28. The zero-order chi connectivity index (χ0) is 27.6. The van der Waals surface area contributed by atoms with Crippen LogP contribution in [0.3, 0.4) is 0 Å². The van der Waals surface area contributed by atoms with Crippen LogP contribution < -0.4 is 0 Å². The normalized spacial score (nSPS) is 15.0. The molecule has 2 aromatic carbocycles. The van der Waals surface area contributed by atoms with Gasteiger partial charge in [0.25, 0.3) is 17.7 Å². The lowest BCUT2D eigenvalue weighted by Crippen LogP contribution is -2.37. The van der Waals surface area contributed by atoms with Crippen molar-refractivity contribution in [3.63, 3.8) is 0 Å². The number of rotatable bonds is 16. The van der Waals surface area contributed by atoms with Gasteiger partial charge in [0, 0.05) is 12.1 Å². The first-order valence-corrected chi connectivity index (χ1v) is 14.3. The van der Waals surface area contributed by atoms with Crippen LogP contribution in [0.1, 0.15) is 81.6 Å². The summed E-state index contributed by atoms with van der Waals surface area (Å²) in [4.78, 5) is 49.1. The van der Waals surface area contributed by atoms with Crippen molar-refractivity contribution in [3.8, 4) is 0 Å². The summed E-state index contributed by atoms with van der Waals surface area (Å²) >= 11 is 0. The molecule has 0 bridgehead atoms. The number of imide groups is 1. The van der Waals surface area contributed by atoms with Crippen molar-refractivity contribution in [2.24, 2.45) is 0 Å². The number of amides is 3. The van der Waals surface area contributed by atoms with Gasteiger partial charge in [0.1, 0.15) is 6.61 Å². The van der Waals surface area contributed by atoms with Gasteiger partial charge in [0.15, 0.2) is 0 Å². The fourth-order valence-electron chi connectivity index (χ4n) is 5.30. The monoisotopic (exact) mass is 534 g/mol. The van der Waals surface area contributed by atoms with Crippen molar-refractivity contribution in [3.05, 3.63) is 70.8 Å². The topological polar surface area (TPSA) is 73.4 Å². The van der Waals surface area contributed by atoms with Gasteiger partial charge in [-0.3, -0.25) is 24.1 Å². The number of benzene rings is 2. The molecule has 2 aliphatic rings. The van der Waals surface area contributed by atoms with Gasteiger partial charge in [0.2, 0.25) is 0 Å². The third-order valence-electron chi connectivity index (χ3n) is 7.63. The average molecular weight is 535 g/mol. The second kappa shape index (κ2) is 14.4. The number of fused-ring (bicyclic) bond motifs is 2. The highest BCUT2D eigenvalue weighted by molar-refractivity contribution is 6.21. The number of nitrogens with zero attached hydrogens (tertiary/aromatic N) is 4. The Labute approximate surface area is 232 Å². The van der Waals surface area contributed by atoms with Crippen LogP contribution in [0.5, 0.6) is 0 Å². The molecule has 0 aromatic heterocycles. The maximum absolute atomic E-state index is 12.6. The molecule has 0 aliphatic carbocycles. The molecule has 2 aliphatic heterocycles. The standard InChI is InChI=1S/C31H42N4O4/c1-32(20-12-22-34-29(36)27-16-8-9-17-28(27)30(34)37)18-10-4-3-5-11-19-33(2)21-13-23-35-31(38)26-15-7-6-14-25(26)24-39-35/h6-9,14-17H,3-5,10-13,18-24H2,1-2H3. The Morgan fingerprint density at radius 2 is 1.10 bits per heavy atom. The van der Waals surface area contributed by atoms with Crippen molar-refractivity contribution in [1.29, 1.82) is 0 Å². The minimum Gasteiger partial charge on any atom is -0.306 e. The van der Waals surface area contributed by atoms with Crippen molar-refractivity contribution < 1.29 is 19.2 Å². The van der Waals surface area contributed by atoms with Crippen LogP contribution in [0.25, 0.3) is 0 Å². The van der Waals surface area contributed by atoms with Crippen LogP contribution in [0.15, 0.2) is 48.5 Å². The predicted octanol–water partition coefficient (Wildman–Crippen LogP) is 4.46. The smallest absolute Gasteiger partial charge is 0.277 e. The fourth-order valence-corrected chi connectivity index (χ4v) is 5.30. The molecule has 0 N–H and O–H groups in total. The third kappa shape index (κ3) is 7.75.